The van der Waals surface area contributed by atoms with Crippen LogP contribution in [0.4, 0.5) is 10.5 Å². The van der Waals surface area contributed by atoms with Crippen LogP contribution in [0.25, 0.3) is 0 Å². The summed E-state index contributed by atoms with van der Waals surface area (Å²) in [7, 11) is 2.76. The van der Waals surface area contributed by atoms with Crippen molar-refractivity contribution in [3.05, 3.63) is 78.4 Å². The first-order chi connectivity index (χ1) is 17.2. The molecule has 0 fully saturated rings. The SMILES string of the molecule is COc1ccc(S(=O)(=O)Oc2ccccc2CN(CCN(C)C)C(=O)Nc2ccccc2OC)cc1. The Labute approximate surface area is 212 Å². The van der Waals surface area contributed by atoms with Crippen LogP contribution in [0.3, 0.4) is 0 Å². The lowest BCUT2D eigenvalue weighted by Gasteiger charge is -2.26. The third-order valence-corrected chi connectivity index (χ3v) is 6.58. The van der Waals surface area contributed by atoms with Crippen LogP contribution in [0.5, 0.6) is 17.2 Å². The monoisotopic (exact) mass is 513 g/mol. The van der Waals surface area contributed by atoms with Crippen LogP contribution in [0.1, 0.15) is 5.56 Å². The van der Waals surface area contributed by atoms with Crippen molar-refractivity contribution in [2.75, 3.05) is 46.7 Å². The topological polar surface area (TPSA) is 97.4 Å². The van der Waals surface area contributed by atoms with Gasteiger partial charge in [0.25, 0.3) is 0 Å². The van der Waals surface area contributed by atoms with Gasteiger partial charge in [0.05, 0.1) is 26.5 Å². The Morgan fingerprint density at radius 1 is 0.833 bits per heavy atom. The predicted molar refractivity (Wildman–Crippen MR) is 138 cm³/mol. The molecule has 0 saturated carbocycles. The molecule has 0 saturated heterocycles. The average molecular weight is 514 g/mol. The van der Waals surface area contributed by atoms with Crippen molar-refractivity contribution in [3.63, 3.8) is 0 Å². The van der Waals surface area contributed by atoms with Gasteiger partial charge < -0.3 is 28.8 Å². The Morgan fingerprint density at radius 3 is 2.11 bits per heavy atom. The number of nitrogens with one attached hydrogen (secondary N) is 1. The number of carbonyl (C=O) groups is 1. The van der Waals surface area contributed by atoms with E-state index in [4.69, 9.17) is 13.7 Å². The summed E-state index contributed by atoms with van der Waals surface area (Å²) in [5.41, 5.74) is 1.08. The number of hydrogen-bond donors (Lipinski definition) is 1. The number of nitrogens with zero attached hydrogens (tertiary/aromatic N) is 2. The number of ether oxygens (including phenoxy) is 2. The molecule has 36 heavy (non-hydrogen) atoms. The van der Waals surface area contributed by atoms with Crippen molar-refractivity contribution in [1.29, 1.82) is 0 Å². The first kappa shape index (κ1) is 26.8. The highest BCUT2D eigenvalue weighted by atomic mass is 32.2. The fraction of sp³-hybridized carbons (Fsp3) is 0.269. The number of benzene rings is 3. The summed E-state index contributed by atoms with van der Waals surface area (Å²) in [5.74, 6) is 1.22. The van der Waals surface area contributed by atoms with Gasteiger partial charge in [-0.15, -0.1) is 0 Å². The average Bonchev–Trinajstić information content (AvgIpc) is 2.87. The molecule has 0 unspecified atom stereocenters. The molecule has 0 bridgehead atoms. The van der Waals surface area contributed by atoms with Gasteiger partial charge >= 0.3 is 16.1 Å². The van der Waals surface area contributed by atoms with Crippen LogP contribution in [-0.4, -0.2) is 65.7 Å². The number of rotatable bonds is 11. The largest absolute Gasteiger partial charge is 0.497 e. The zero-order valence-corrected chi connectivity index (χ0v) is 21.6. The molecule has 1 N–H and O–H groups in total. The summed E-state index contributed by atoms with van der Waals surface area (Å²) in [6.45, 7) is 1.13. The maximum absolute atomic E-state index is 13.2. The lowest BCUT2D eigenvalue weighted by atomic mass is 10.2. The van der Waals surface area contributed by atoms with Gasteiger partial charge in [0, 0.05) is 18.7 Å². The normalized spacial score (nSPS) is 11.1. The standard InChI is InChI=1S/C26H31N3O6S/c1-28(2)17-18-29(26(30)27-23-10-6-8-12-25(23)34-4)19-20-9-5-7-11-24(20)35-36(31,32)22-15-13-21(33-3)14-16-22/h5-16H,17-19H2,1-4H3,(H,27,30). The van der Waals surface area contributed by atoms with E-state index in [-0.39, 0.29) is 23.2 Å². The smallest absolute Gasteiger partial charge is 0.339 e. The molecule has 0 aliphatic rings. The second-order valence-electron chi connectivity index (χ2n) is 8.18. The number of amides is 2. The Kier molecular flexibility index (Phi) is 9.15. The van der Waals surface area contributed by atoms with Crippen LogP contribution < -0.4 is 19.0 Å². The zero-order chi connectivity index (χ0) is 26.1. The summed E-state index contributed by atoms with van der Waals surface area (Å²) in [5, 5.41) is 2.88. The van der Waals surface area contributed by atoms with Crippen LogP contribution in [0, 0.1) is 0 Å². The fourth-order valence-corrected chi connectivity index (χ4v) is 4.31. The number of para-hydroxylation sites is 3. The van der Waals surface area contributed by atoms with Crippen molar-refractivity contribution in [3.8, 4) is 17.2 Å². The van der Waals surface area contributed by atoms with Gasteiger partial charge in [-0.05, 0) is 56.6 Å². The third kappa shape index (κ3) is 7.12. The molecule has 3 aromatic carbocycles. The van der Waals surface area contributed by atoms with Gasteiger partial charge in [0.15, 0.2) is 0 Å². The van der Waals surface area contributed by atoms with Gasteiger partial charge in [-0.25, -0.2) is 4.79 Å². The van der Waals surface area contributed by atoms with Crippen LogP contribution in [-0.2, 0) is 16.7 Å². The first-order valence-corrected chi connectivity index (χ1v) is 12.6. The van der Waals surface area contributed by atoms with Gasteiger partial charge in [-0.2, -0.15) is 8.42 Å². The summed E-state index contributed by atoms with van der Waals surface area (Å²) in [4.78, 5) is 16.8. The lowest BCUT2D eigenvalue weighted by molar-refractivity contribution is 0.202. The Balaban J connectivity index is 1.84. The Hall–Kier alpha value is -3.76. The zero-order valence-electron chi connectivity index (χ0n) is 20.8. The van der Waals surface area contributed by atoms with E-state index in [1.165, 1.54) is 26.4 Å². The Bertz CT molecular complexity index is 1260. The van der Waals surface area contributed by atoms with Gasteiger partial charge in [0.2, 0.25) is 0 Å². The number of carbonyl (C=O) groups excluding carboxylic acids is 1. The molecule has 0 atom stereocenters. The summed E-state index contributed by atoms with van der Waals surface area (Å²) < 4.78 is 41.8. The van der Waals surface area contributed by atoms with Gasteiger partial charge in [0.1, 0.15) is 22.1 Å². The number of likely N-dealkylation sites (N-methyl/N-ethyl adjacent to an activating group) is 1. The number of hydrogen-bond acceptors (Lipinski definition) is 7. The van der Waals surface area contributed by atoms with Gasteiger partial charge in [-0.1, -0.05) is 30.3 Å². The number of anilines is 1. The molecular formula is C26H31N3O6S. The van der Waals surface area contributed by atoms with E-state index < -0.39 is 10.1 Å². The summed E-state index contributed by atoms with van der Waals surface area (Å²) in [6.07, 6.45) is 0. The van der Waals surface area contributed by atoms with E-state index in [0.717, 1.165) is 0 Å². The second kappa shape index (κ2) is 12.3. The second-order valence-corrected chi connectivity index (χ2v) is 9.72. The molecule has 0 spiro atoms. The molecule has 3 rings (SSSR count). The van der Waals surface area contributed by atoms with E-state index >= 15 is 0 Å². The van der Waals surface area contributed by atoms with E-state index in [2.05, 4.69) is 5.32 Å². The minimum Gasteiger partial charge on any atom is -0.497 e. The van der Waals surface area contributed by atoms with Crippen molar-refractivity contribution < 1.29 is 26.9 Å². The molecular weight excluding hydrogens is 482 g/mol. The van der Waals surface area contributed by atoms with Crippen LogP contribution in [0.2, 0.25) is 0 Å². The molecule has 0 aliphatic heterocycles. The first-order valence-electron chi connectivity index (χ1n) is 11.2. The Morgan fingerprint density at radius 2 is 1.47 bits per heavy atom. The van der Waals surface area contributed by atoms with Crippen molar-refractivity contribution in [2.24, 2.45) is 0 Å². The summed E-state index contributed by atoms with van der Waals surface area (Å²) in [6, 6.07) is 19.5. The maximum atomic E-state index is 13.2. The fourth-order valence-electron chi connectivity index (χ4n) is 3.35. The molecule has 9 nitrogen and oxygen atoms in total. The van der Waals surface area contributed by atoms with E-state index in [1.54, 1.807) is 59.5 Å². The molecule has 0 aliphatic carbocycles. The molecule has 3 aromatic rings. The van der Waals surface area contributed by atoms with Crippen molar-refractivity contribution in [2.45, 2.75) is 11.4 Å². The summed E-state index contributed by atoms with van der Waals surface area (Å²) >= 11 is 0. The van der Waals surface area contributed by atoms with Crippen LogP contribution >= 0.6 is 0 Å². The van der Waals surface area contributed by atoms with Crippen LogP contribution in [0.15, 0.2) is 77.7 Å². The highest BCUT2D eigenvalue weighted by molar-refractivity contribution is 7.87. The molecule has 0 aromatic heterocycles. The highest BCUT2D eigenvalue weighted by Crippen LogP contribution is 2.27. The molecule has 0 radical (unpaired) electrons. The van der Waals surface area contributed by atoms with Gasteiger partial charge in [-0.3, -0.25) is 0 Å². The molecule has 10 heteroatoms. The van der Waals surface area contributed by atoms with E-state index in [9.17, 15) is 13.2 Å². The molecule has 192 valence electrons. The quantitative estimate of drug-likeness (QED) is 0.386. The molecule has 2 amide bonds. The third-order valence-electron chi connectivity index (χ3n) is 5.33. The number of urea groups is 1. The predicted octanol–water partition coefficient (Wildman–Crippen LogP) is 4.07. The highest BCUT2D eigenvalue weighted by Gasteiger charge is 2.22. The van der Waals surface area contributed by atoms with E-state index in [0.29, 0.717) is 35.8 Å². The van der Waals surface area contributed by atoms with E-state index in [1.807, 2.05) is 25.1 Å². The minimum atomic E-state index is -4.10. The molecule has 0 heterocycles. The van der Waals surface area contributed by atoms with Crippen molar-refractivity contribution >= 4 is 21.8 Å². The number of methoxy groups -OCH3 is 2. The lowest BCUT2D eigenvalue weighted by Crippen LogP contribution is -2.39. The maximum Gasteiger partial charge on any atom is 0.339 e. The minimum absolute atomic E-state index is 0.00326. The van der Waals surface area contributed by atoms with Crippen molar-refractivity contribution in [1.82, 2.24) is 9.80 Å².